The molecule has 28 heavy (non-hydrogen) atoms. The SMILES string of the molecule is O=C(CCN1C(=O)c2ccccc2C1=O)Nc1nc(-c2ccccc2Cl)cs1. The molecule has 3 aromatic rings. The largest absolute Gasteiger partial charge is 0.302 e. The van der Waals surface area contributed by atoms with Crippen LogP contribution in [0.25, 0.3) is 11.3 Å². The van der Waals surface area contributed by atoms with Gasteiger partial charge in [-0.15, -0.1) is 11.3 Å². The minimum absolute atomic E-state index is 0.00747. The molecule has 0 spiro atoms. The van der Waals surface area contributed by atoms with Crippen LogP contribution in [0.1, 0.15) is 27.1 Å². The normalized spacial score (nSPS) is 13.0. The number of halogens is 1. The molecule has 0 saturated heterocycles. The highest BCUT2D eigenvalue weighted by Gasteiger charge is 2.34. The summed E-state index contributed by atoms with van der Waals surface area (Å²) in [4.78, 5) is 42.4. The second-order valence-electron chi connectivity index (χ2n) is 6.12. The van der Waals surface area contributed by atoms with E-state index in [1.165, 1.54) is 11.3 Å². The van der Waals surface area contributed by atoms with Crippen molar-refractivity contribution in [3.8, 4) is 11.3 Å². The van der Waals surface area contributed by atoms with Crippen LogP contribution in [-0.2, 0) is 4.79 Å². The molecule has 4 rings (SSSR count). The minimum Gasteiger partial charge on any atom is -0.302 e. The van der Waals surface area contributed by atoms with Crippen molar-refractivity contribution in [3.63, 3.8) is 0 Å². The number of carbonyl (C=O) groups is 3. The summed E-state index contributed by atoms with van der Waals surface area (Å²) >= 11 is 7.45. The highest BCUT2D eigenvalue weighted by molar-refractivity contribution is 7.14. The summed E-state index contributed by atoms with van der Waals surface area (Å²) in [6, 6.07) is 14.0. The standard InChI is InChI=1S/C20H14ClN3O3S/c21-15-8-4-3-7-14(15)16-11-28-20(22-16)23-17(25)9-10-24-18(26)12-5-1-2-6-13(12)19(24)27/h1-8,11H,9-10H2,(H,22,23,25). The first-order valence-electron chi connectivity index (χ1n) is 8.50. The van der Waals surface area contributed by atoms with Crippen molar-refractivity contribution in [2.75, 3.05) is 11.9 Å². The van der Waals surface area contributed by atoms with Gasteiger partial charge in [0.25, 0.3) is 11.8 Å². The zero-order valence-electron chi connectivity index (χ0n) is 14.5. The summed E-state index contributed by atoms with van der Waals surface area (Å²) in [6.45, 7) is 0.0148. The molecule has 2 heterocycles. The van der Waals surface area contributed by atoms with Crippen LogP contribution < -0.4 is 5.32 Å². The smallest absolute Gasteiger partial charge is 0.261 e. The van der Waals surface area contributed by atoms with E-state index in [4.69, 9.17) is 11.6 Å². The van der Waals surface area contributed by atoms with E-state index in [9.17, 15) is 14.4 Å². The number of hydrogen-bond donors (Lipinski definition) is 1. The number of carbonyl (C=O) groups excluding carboxylic acids is 3. The second kappa shape index (κ2) is 7.53. The van der Waals surface area contributed by atoms with Crippen LogP contribution in [-0.4, -0.2) is 34.2 Å². The molecule has 1 aliphatic heterocycles. The molecule has 1 aromatic heterocycles. The molecule has 1 N–H and O–H groups in total. The van der Waals surface area contributed by atoms with Gasteiger partial charge >= 0.3 is 0 Å². The fourth-order valence-electron chi connectivity index (χ4n) is 2.96. The Balaban J connectivity index is 1.38. The number of rotatable bonds is 5. The average Bonchev–Trinajstić information content (AvgIpc) is 3.24. The zero-order chi connectivity index (χ0) is 19.7. The molecule has 2 aromatic carbocycles. The van der Waals surface area contributed by atoms with Crippen molar-refractivity contribution in [3.05, 3.63) is 70.1 Å². The van der Waals surface area contributed by atoms with Crippen molar-refractivity contribution in [1.82, 2.24) is 9.88 Å². The molecule has 0 unspecified atom stereocenters. The summed E-state index contributed by atoms with van der Waals surface area (Å²) in [7, 11) is 0. The monoisotopic (exact) mass is 411 g/mol. The average molecular weight is 412 g/mol. The van der Waals surface area contributed by atoms with Crippen molar-refractivity contribution < 1.29 is 14.4 Å². The van der Waals surface area contributed by atoms with Crippen LogP contribution in [0.2, 0.25) is 5.02 Å². The number of aromatic nitrogens is 1. The number of benzene rings is 2. The summed E-state index contributed by atoms with van der Waals surface area (Å²) in [5, 5.41) is 5.52. The number of imide groups is 1. The molecule has 0 fully saturated rings. The van der Waals surface area contributed by atoms with Gasteiger partial charge in [-0.05, 0) is 18.2 Å². The lowest BCUT2D eigenvalue weighted by atomic mass is 10.1. The van der Waals surface area contributed by atoms with Crippen LogP contribution in [0, 0.1) is 0 Å². The van der Waals surface area contributed by atoms with Gasteiger partial charge in [0, 0.05) is 28.9 Å². The van der Waals surface area contributed by atoms with E-state index < -0.39 is 0 Å². The van der Waals surface area contributed by atoms with Crippen LogP contribution in [0.5, 0.6) is 0 Å². The molecule has 0 atom stereocenters. The van der Waals surface area contributed by atoms with Gasteiger partial charge in [-0.1, -0.05) is 41.9 Å². The van der Waals surface area contributed by atoms with Crippen molar-refractivity contribution in [1.29, 1.82) is 0 Å². The predicted octanol–water partition coefficient (Wildman–Crippen LogP) is 4.09. The van der Waals surface area contributed by atoms with Crippen molar-refractivity contribution in [2.45, 2.75) is 6.42 Å². The maximum absolute atomic E-state index is 12.3. The van der Waals surface area contributed by atoms with Crippen LogP contribution in [0.15, 0.2) is 53.9 Å². The maximum atomic E-state index is 12.3. The molecule has 1 aliphatic rings. The maximum Gasteiger partial charge on any atom is 0.261 e. The van der Waals surface area contributed by atoms with Gasteiger partial charge in [0.1, 0.15) is 0 Å². The zero-order valence-corrected chi connectivity index (χ0v) is 16.1. The molecule has 140 valence electrons. The van der Waals surface area contributed by atoms with E-state index in [0.717, 1.165) is 10.5 Å². The second-order valence-corrected chi connectivity index (χ2v) is 7.39. The molecule has 8 heteroatoms. The van der Waals surface area contributed by atoms with Crippen LogP contribution >= 0.6 is 22.9 Å². The summed E-state index contributed by atoms with van der Waals surface area (Å²) < 4.78 is 0. The molecular formula is C20H14ClN3O3S. The number of thiazole rings is 1. The number of hydrogen-bond acceptors (Lipinski definition) is 5. The van der Waals surface area contributed by atoms with Gasteiger partial charge in [0.2, 0.25) is 5.91 Å². The Morgan fingerprint density at radius 2 is 1.61 bits per heavy atom. The fraction of sp³-hybridized carbons (Fsp3) is 0.100. The third kappa shape index (κ3) is 3.42. The number of amides is 3. The molecule has 0 saturated carbocycles. The topological polar surface area (TPSA) is 79.4 Å². The van der Waals surface area contributed by atoms with Gasteiger partial charge in [-0.3, -0.25) is 19.3 Å². The Kier molecular flexibility index (Phi) is 4.93. The van der Waals surface area contributed by atoms with E-state index in [1.807, 2.05) is 18.2 Å². The molecule has 0 radical (unpaired) electrons. The third-order valence-electron chi connectivity index (χ3n) is 4.34. The molecule has 3 amide bonds. The van der Waals surface area contributed by atoms with Crippen LogP contribution in [0.3, 0.4) is 0 Å². The number of anilines is 1. The summed E-state index contributed by atoms with van der Waals surface area (Å²) in [5.74, 6) is -1.07. The van der Waals surface area contributed by atoms with Gasteiger partial charge < -0.3 is 5.32 Å². The number of fused-ring (bicyclic) bond motifs is 1. The summed E-state index contributed by atoms with van der Waals surface area (Å²) in [6.07, 6.45) is -0.00747. The van der Waals surface area contributed by atoms with E-state index in [2.05, 4.69) is 10.3 Å². The molecular weight excluding hydrogens is 398 g/mol. The van der Waals surface area contributed by atoms with E-state index in [0.29, 0.717) is 27.0 Å². The van der Waals surface area contributed by atoms with E-state index in [1.54, 1.807) is 35.7 Å². The number of nitrogens with zero attached hydrogens (tertiary/aromatic N) is 2. The van der Waals surface area contributed by atoms with Gasteiger partial charge in [0.05, 0.1) is 16.8 Å². The quantitative estimate of drug-likeness (QED) is 0.641. The Hall–Kier alpha value is -3.03. The Labute approximate surface area is 169 Å². The first-order chi connectivity index (χ1) is 13.5. The highest BCUT2D eigenvalue weighted by Crippen LogP contribution is 2.30. The first-order valence-corrected chi connectivity index (χ1v) is 9.76. The van der Waals surface area contributed by atoms with Gasteiger partial charge in [0.15, 0.2) is 5.13 Å². The van der Waals surface area contributed by atoms with E-state index >= 15 is 0 Å². The molecule has 6 nitrogen and oxygen atoms in total. The van der Waals surface area contributed by atoms with Crippen LogP contribution in [0.4, 0.5) is 5.13 Å². The molecule has 0 aliphatic carbocycles. The van der Waals surface area contributed by atoms with Gasteiger partial charge in [-0.25, -0.2) is 4.98 Å². The lowest BCUT2D eigenvalue weighted by molar-refractivity contribution is -0.116. The van der Waals surface area contributed by atoms with E-state index in [-0.39, 0.29) is 30.7 Å². The predicted molar refractivity (Wildman–Crippen MR) is 108 cm³/mol. The highest BCUT2D eigenvalue weighted by atomic mass is 35.5. The Morgan fingerprint density at radius 1 is 1.00 bits per heavy atom. The summed E-state index contributed by atoms with van der Waals surface area (Å²) in [5.41, 5.74) is 2.20. The first kappa shape index (κ1) is 18.3. The molecule has 0 bridgehead atoms. The number of nitrogens with one attached hydrogen (secondary N) is 1. The Bertz CT molecular complexity index is 1060. The lowest BCUT2D eigenvalue weighted by Gasteiger charge is -2.12. The lowest BCUT2D eigenvalue weighted by Crippen LogP contribution is -2.32. The van der Waals surface area contributed by atoms with Crippen molar-refractivity contribution in [2.24, 2.45) is 0 Å². The fourth-order valence-corrected chi connectivity index (χ4v) is 3.92. The third-order valence-corrected chi connectivity index (χ3v) is 5.43. The Morgan fingerprint density at radius 3 is 2.25 bits per heavy atom. The van der Waals surface area contributed by atoms with Crippen molar-refractivity contribution >= 4 is 45.8 Å². The minimum atomic E-state index is -0.372. The van der Waals surface area contributed by atoms with Gasteiger partial charge in [-0.2, -0.15) is 0 Å².